The van der Waals surface area contributed by atoms with Crippen LogP contribution in [0.2, 0.25) is 0 Å². The Morgan fingerprint density at radius 2 is 1.88 bits per heavy atom. The summed E-state index contributed by atoms with van der Waals surface area (Å²) in [6, 6.07) is 10.8. The molecule has 1 aliphatic rings. The zero-order chi connectivity index (χ0) is 22.7. The highest BCUT2D eigenvalue weighted by Crippen LogP contribution is 2.30. The number of nitrogens with one attached hydrogen (secondary N) is 1. The van der Waals surface area contributed by atoms with Crippen LogP contribution in [0, 0.1) is 5.82 Å². The highest BCUT2D eigenvalue weighted by Gasteiger charge is 2.28. The van der Waals surface area contributed by atoms with E-state index in [1.165, 1.54) is 26.4 Å². The molecule has 32 heavy (non-hydrogen) atoms. The van der Waals surface area contributed by atoms with E-state index in [-0.39, 0.29) is 11.5 Å². The molecule has 1 N–H and O–H groups in total. The molecule has 1 aromatic heterocycles. The standard InChI is InChI=1S/C23H22FN3O5/c1-30-16-10-11-18(20(12-16)31-2)25-21(28)13-32-23(29)22-17-4-3-5-19(17)27(26-22)15-8-6-14(24)7-9-15/h6-12H,3-5,13H2,1-2H3,(H,25,28). The summed E-state index contributed by atoms with van der Waals surface area (Å²) < 4.78 is 30.5. The molecule has 9 heteroatoms. The van der Waals surface area contributed by atoms with Crippen molar-refractivity contribution in [3.63, 3.8) is 0 Å². The number of nitrogens with zero attached hydrogens (tertiary/aromatic N) is 2. The first-order valence-corrected chi connectivity index (χ1v) is 10.1. The Morgan fingerprint density at radius 1 is 1.09 bits per heavy atom. The molecule has 0 bridgehead atoms. The molecule has 8 nitrogen and oxygen atoms in total. The van der Waals surface area contributed by atoms with Crippen molar-refractivity contribution >= 4 is 17.6 Å². The second-order valence-corrected chi connectivity index (χ2v) is 7.21. The number of aromatic nitrogens is 2. The van der Waals surface area contributed by atoms with Gasteiger partial charge in [0.2, 0.25) is 0 Å². The van der Waals surface area contributed by atoms with Crippen molar-refractivity contribution in [3.8, 4) is 17.2 Å². The molecule has 2 aromatic carbocycles. The number of hydrogen-bond donors (Lipinski definition) is 1. The number of carbonyl (C=O) groups is 2. The van der Waals surface area contributed by atoms with Gasteiger partial charge in [0.25, 0.3) is 5.91 Å². The molecule has 4 rings (SSSR count). The van der Waals surface area contributed by atoms with Gasteiger partial charge < -0.3 is 19.5 Å². The van der Waals surface area contributed by atoms with E-state index in [0.717, 1.165) is 24.1 Å². The van der Waals surface area contributed by atoms with Gasteiger partial charge in [-0.2, -0.15) is 5.10 Å². The summed E-state index contributed by atoms with van der Waals surface area (Å²) >= 11 is 0. The first-order valence-electron chi connectivity index (χ1n) is 10.1. The van der Waals surface area contributed by atoms with E-state index in [0.29, 0.717) is 29.3 Å². The Bertz CT molecular complexity index is 1160. The number of anilines is 1. The average Bonchev–Trinajstić information content (AvgIpc) is 3.41. The summed E-state index contributed by atoms with van der Waals surface area (Å²) in [5.41, 5.74) is 2.97. The Labute approximate surface area is 183 Å². The van der Waals surface area contributed by atoms with Crippen LogP contribution in [0.5, 0.6) is 11.5 Å². The predicted molar refractivity (Wildman–Crippen MR) is 114 cm³/mol. The molecule has 3 aromatic rings. The molecular weight excluding hydrogens is 417 g/mol. The van der Waals surface area contributed by atoms with E-state index >= 15 is 0 Å². The predicted octanol–water partition coefficient (Wildman–Crippen LogP) is 3.31. The second kappa shape index (κ2) is 9.09. The summed E-state index contributed by atoms with van der Waals surface area (Å²) in [4.78, 5) is 25.0. The van der Waals surface area contributed by atoms with Crippen molar-refractivity contribution in [1.29, 1.82) is 0 Å². The summed E-state index contributed by atoms with van der Waals surface area (Å²) in [7, 11) is 3.00. The Balaban J connectivity index is 1.45. The molecule has 0 saturated heterocycles. The molecule has 1 heterocycles. The molecule has 0 radical (unpaired) electrons. The Kier molecular flexibility index (Phi) is 6.07. The minimum Gasteiger partial charge on any atom is -0.497 e. The highest BCUT2D eigenvalue weighted by molar-refractivity contribution is 5.96. The fraction of sp³-hybridized carbons (Fsp3) is 0.261. The molecule has 0 unspecified atom stereocenters. The maximum absolute atomic E-state index is 13.3. The minimum atomic E-state index is -0.680. The molecule has 0 atom stereocenters. The van der Waals surface area contributed by atoms with E-state index in [1.54, 1.807) is 35.0 Å². The SMILES string of the molecule is COc1ccc(NC(=O)COC(=O)c2nn(-c3ccc(F)cc3)c3c2CCC3)c(OC)c1. The summed E-state index contributed by atoms with van der Waals surface area (Å²) in [6.07, 6.45) is 2.33. The van der Waals surface area contributed by atoms with Gasteiger partial charge in [-0.3, -0.25) is 4.79 Å². The van der Waals surface area contributed by atoms with E-state index < -0.39 is 18.5 Å². The maximum Gasteiger partial charge on any atom is 0.359 e. The van der Waals surface area contributed by atoms with Crippen LogP contribution in [0.3, 0.4) is 0 Å². The molecule has 1 amide bonds. The van der Waals surface area contributed by atoms with Crippen LogP contribution < -0.4 is 14.8 Å². The molecule has 1 aliphatic carbocycles. The first-order chi connectivity index (χ1) is 15.5. The van der Waals surface area contributed by atoms with Crippen LogP contribution >= 0.6 is 0 Å². The van der Waals surface area contributed by atoms with Crippen LogP contribution in [0.15, 0.2) is 42.5 Å². The number of methoxy groups -OCH3 is 2. The van der Waals surface area contributed by atoms with Crippen molar-refractivity contribution in [2.45, 2.75) is 19.3 Å². The quantitative estimate of drug-likeness (QED) is 0.568. The largest absolute Gasteiger partial charge is 0.497 e. The average molecular weight is 439 g/mol. The van der Waals surface area contributed by atoms with Crippen LogP contribution in [0.25, 0.3) is 5.69 Å². The van der Waals surface area contributed by atoms with Gasteiger partial charge in [0.15, 0.2) is 12.3 Å². The zero-order valence-corrected chi connectivity index (χ0v) is 17.7. The number of rotatable bonds is 7. The van der Waals surface area contributed by atoms with E-state index in [2.05, 4.69) is 10.4 Å². The first kappa shape index (κ1) is 21.4. The van der Waals surface area contributed by atoms with Gasteiger partial charge in [-0.25, -0.2) is 13.9 Å². The van der Waals surface area contributed by atoms with Gasteiger partial charge in [0.1, 0.15) is 17.3 Å². The van der Waals surface area contributed by atoms with Gasteiger partial charge in [-0.15, -0.1) is 0 Å². The smallest absolute Gasteiger partial charge is 0.359 e. The summed E-state index contributed by atoms with van der Waals surface area (Å²) in [5, 5.41) is 7.04. The second-order valence-electron chi connectivity index (χ2n) is 7.21. The number of esters is 1. The molecular formula is C23H22FN3O5. The Morgan fingerprint density at radius 3 is 2.59 bits per heavy atom. The van der Waals surface area contributed by atoms with Crippen LogP contribution in [-0.4, -0.2) is 42.5 Å². The minimum absolute atomic E-state index is 0.177. The van der Waals surface area contributed by atoms with Gasteiger partial charge in [-0.1, -0.05) is 0 Å². The third kappa shape index (κ3) is 4.27. The van der Waals surface area contributed by atoms with Crippen LogP contribution in [0.4, 0.5) is 10.1 Å². The fourth-order valence-corrected chi connectivity index (χ4v) is 3.68. The van der Waals surface area contributed by atoms with Gasteiger partial charge in [0, 0.05) is 17.3 Å². The molecule has 0 spiro atoms. The van der Waals surface area contributed by atoms with Gasteiger partial charge >= 0.3 is 5.97 Å². The number of carbonyl (C=O) groups excluding carboxylic acids is 2. The third-order valence-electron chi connectivity index (χ3n) is 5.21. The Hall–Kier alpha value is -3.88. The van der Waals surface area contributed by atoms with Crippen LogP contribution in [0.1, 0.15) is 28.2 Å². The maximum atomic E-state index is 13.3. The number of ether oxygens (including phenoxy) is 3. The summed E-state index contributed by atoms with van der Waals surface area (Å²) in [5.74, 6) is -0.550. The van der Waals surface area contributed by atoms with Crippen molar-refractivity contribution in [1.82, 2.24) is 9.78 Å². The lowest BCUT2D eigenvalue weighted by atomic mass is 10.2. The van der Waals surface area contributed by atoms with Gasteiger partial charge in [-0.05, 0) is 55.7 Å². The molecule has 0 saturated carbocycles. The van der Waals surface area contributed by atoms with Crippen molar-refractivity contribution in [2.75, 3.05) is 26.1 Å². The molecule has 166 valence electrons. The molecule has 0 aliphatic heterocycles. The number of fused-ring (bicyclic) bond motifs is 1. The fourth-order valence-electron chi connectivity index (χ4n) is 3.68. The van der Waals surface area contributed by atoms with E-state index in [9.17, 15) is 14.0 Å². The number of hydrogen-bond acceptors (Lipinski definition) is 6. The summed E-state index contributed by atoms with van der Waals surface area (Å²) in [6.45, 7) is -0.480. The van der Waals surface area contributed by atoms with E-state index in [1.807, 2.05) is 0 Å². The van der Waals surface area contributed by atoms with E-state index in [4.69, 9.17) is 14.2 Å². The topological polar surface area (TPSA) is 91.7 Å². The van der Waals surface area contributed by atoms with Crippen molar-refractivity contribution in [2.24, 2.45) is 0 Å². The monoisotopic (exact) mass is 439 g/mol. The van der Waals surface area contributed by atoms with Crippen LogP contribution in [-0.2, 0) is 22.4 Å². The number of halogens is 1. The van der Waals surface area contributed by atoms with Crippen molar-refractivity contribution in [3.05, 3.63) is 65.2 Å². The lowest BCUT2D eigenvalue weighted by Gasteiger charge is -2.11. The third-order valence-corrected chi connectivity index (χ3v) is 5.21. The zero-order valence-electron chi connectivity index (χ0n) is 17.7. The normalized spacial score (nSPS) is 12.2. The van der Waals surface area contributed by atoms with Gasteiger partial charge in [0.05, 0.1) is 25.6 Å². The lowest BCUT2D eigenvalue weighted by Crippen LogP contribution is -2.22. The highest BCUT2D eigenvalue weighted by atomic mass is 19.1. The van der Waals surface area contributed by atoms with Crippen molar-refractivity contribution < 1.29 is 28.2 Å². The number of benzene rings is 2. The number of amides is 1. The lowest BCUT2D eigenvalue weighted by molar-refractivity contribution is -0.119. The molecule has 0 fully saturated rings.